The number of rotatable bonds is 4. The number of anilines is 1. The van der Waals surface area contributed by atoms with Crippen LogP contribution in [0.3, 0.4) is 0 Å². The summed E-state index contributed by atoms with van der Waals surface area (Å²) in [5.74, 6) is 0.485. The van der Waals surface area contributed by atoms with Crippen LogP contribution in [0.15, 0.2) is 18.2 Å². The average Bonchev–Trinajstić information content (AvgIpc) is 2.39. The van der Waals surface area contributed by atoms with Gasteiger partial charge >= 0.3 is 0 Å². The number of aliphatic hydroxyl groups excluding tert-OH is 1. The van der Waals surface area contributed by atoms with Crippen molar-refractivity contribution in [1.82, 2.24) is 0 Å². The fraction of sp³-hybridized carbons (Fsp3) is 0.571. The van der Waals surface area contributed by atoms with E-state index in [4.69, 9.17) is 5.11 Å². The summed E-state index contributed by atoms with van der Waals surface area (Å²) in [6.07, 6.45) is 3.02. The summed E-state index contributed by atoms with van der Waals surface area (Å²) < 4.78 is 0. The molecule has 0 bridgehead atoms. The molecule has 1 aliphatic heterocycles. The molecule has 5 nitrogen and oxygen atoms in total. The van der Waals surface area contributed by atoms with Gasteiger partial charge in [0, 0.05) is 37.0 Å². The lowest BCUT2D eigenvalue weighted by Gasteiger charge is -2.34. The maximum absolute atomic E-state index is 11.0. The van der Waals surface area contributed by atoms with Crippen molar-refractivity contribution in [3.63, 3.8) is 0 Å². The summed E-state index contributed by atoms with van der Waals surface area (Å²) >= 11 is 0. The fourth-order valence-electron chi connectivity index (χ4n) is 2.71. The maximum Gasteiger partial charge on any atom is 0.274 e. The van der Waals surface area contributed by atoms with E-state index in [1.54, 1.807) is 13.0 Å². The third kappa shape index (κ3) is 3.23. The molecular weight excluding hydrogens is 244 g/mol. The van der Waals surface area contributed by atoms with E-state index in [-0.39, 0.29) is 17.2 Å². The average molecular weight is 264 g/mol. The molecule has 1 saturated heterocycles. The fourth-order valence-corrected chi connectivity index (χ4v) is 2.71. The number of hydrogen-bond donors (Lipinski definition) is 1. The van der Waals surface area contributed by atoms with Crippen molar-refractivity contribution in [2.24, 2.45) is 5.92 Å². The Bertz CT molecular complexity index is 460. The molecule has 1 fully saturated rings. The third-order valence-corrected chi connectivity index (χ3v) is 3.81. The zero-order valence-corrected chi connectivity index (χ0v) is 11.2. The van der Waals surface area contributed by atoms with Gasteiger partial charge in [0.05, 0.1) is 4.92 Å². The van der Waals surface area contributed by atoms with E-state index >= 15 is 0 Å². The Morgan fingerprint density at radius 2 is 2.32 bits per heavy atom. The Balaban J connectivity index is 2.17. The normalized spacial score (nSPS) is 19.5. The van der Waals surface area contributed by atoms with Crippen LogP contribution in [0, 0.1) is 23.0 Å². The van der Waals surface area contributed by atoms with Crippen LogP contribution in [0.4, 0.5) is 11.4 Å². The van der Waals surface area contributed by atoms with Crippen LogP contribution in [-0.4, -0.2) is 29.7 Å². The molecular formula is C14H20N2O3. The van der Waals surface area contributed by atoms with Crippen molar-refractivity contribution in [2.75, 3.05) is 24.6 Å². The van der Waals surface area contributed by atoms with Gasteiger partial charge in [-0.3, -0.25) is 10.1 Å². The molecule has 0 aliphatic carbocycles. The van der Waals surface area contributed by atoms with Crippen molar-refractivity contribution in [2.45, 2.75) is 26.2 Å². The summed E-state index contributed by atoms with van der Waals surface area (Å²) in [7, 11) is 0. The van der Waals surface area contributed by atoms with Gasteiger partial charge in [-0.05, 0) is 38.2 Å². The van der Waals surface area contributed by atoms with Crippen molar-refractivity contribution in [1.29, 1.82) is 0 Å². The highest BCUT2D eigenvalue weighted by atomic mass is 16.6. The standard InChI is InChI=1S/C14H20N2O3/c1-11-4-5-13(9-14(11)16(18)19)15-7-2-3-12(10-15)6-8-17/h4-5,9,12,17H,2-3,6-8,10H2,1H3. The Hall–Kier alpha value is -1.62. The van der Waals surface area contributed by atoms with Crippen LogP contribution in [0.5, 0.6) is 0 Å². The molecule has 19 heavy (non-hydrogen) atoms. The molecule has 1 aromatic carbocycles. The lowest BCUT2D eigenvalue weighted by atomic mass is 9.94. The predicted octanol–water partition coefficient (Wildman–Crippen LogP) is 2.50. The van der Waals surface area contributed by atoms with E-state index in [0.717, 1.165) is 38.0 Å². The van der Waals surface area contributed by atoms with Gasteiger partial charge in [-0.1, -0.05) is 6.07 Å². The first-order chi connectivity index (χ1) is 9.11. The summed E-state index contributed by atoms with van der Waals surface area (Å²) in [6, 6.07) is 5.42. The summed E-state index contributed by atoms with van der Waals surface area (Å²) in [6.45, 7) is 3.78. The van der Waals surface area contributed by atoms with Gasteiger partial charge in [-0.15, -0.1) is 0 Å². The first kappa shape index (κ1) is 13.8. The van der Waals surface area contributed by atoms with Crippen LogP contribution in [-0.2, 0) is 0 Å². The molecule has 0 aromatic heterocycles. The summed E-state index contributed by atoms with van der Waals surface area (Å²) in [5.41, 5.74) is 1.79. The van der Waals surface area contributed by atoms with Gasteiger partial charge < -0.3 is 10.0 Å². The number of nitro benzene ring substituents is 1. The van der Waals surface area contributed by atoms with Gasteiger partial charge in [0.15, 0.2) is 0 Å². The second kappa shape index (κ2) is 6.02. The minimum Gasteiger partial charge on any atom is -0.396 e. The molecule has 104 valence electrons. The third-order valence-electron chi connectivity index (χ3n) is 3.81. The van der Waals surface area contributed by atoms with Crippen molar-refractivity contribution in [3.8, 4) is 0 Å². The highest BCUT2D eigenvalue weighted by Crippen LogP contribution is 2.29. The van der Waals surface area contributed by atoms with Crippen LogP contribution in [0.25, 0.3) is 0 Å². The largest absolute Gasteiger partial charge is 0.396 e. The number of aliphatic hydroxyl groups is 1. The Morgan fingerprint density at radius 3 is 3.00 bits per heavy atom. The summed E-state index contributed by atoms with van der Waals surface area (Å²) in [5, 5.41) is 20.0. The van der Waals surface area contributed by atoms with Crippen LogP contribution >= 0.6 is 0 Å². The first-order valence-corrected chi connectivity index (χ1v) is 6.72. The molecule has 1 atom stereocenters. The number of nitro groups is 1. The van der Waals surface area contributed by atoms with E-state index in [1.165, 1.54) is 0 Å². The lowest BCUT2D eigenvalue weighted by Crippen LogP contribution is -2.35. The highest BCUT2D eigenvalue weighted by Gasteiger charge is 2.21. The van der Waals surface area contributed by atoms with Crippen LogP contribution in [0.1, 0.15) is 24.8 Å². The molecule has 1 N–H and O–H groups in total. The Kier molecular flexibility index (Phi) is 4.37. The molecule has 0 radical (unpaired) electrons. The van der Waals surface area contributed by atoms with Crippen LogP contribution < -0.4 is 4.90 Å². The Labute approximate surface area is 113 Å². The number of nitrogens with zero attached hydrogens (tertiary/aromatic N) is 2. The smallest absolute Gasteiger partial charge is 0.274 e. The Morgan fingerprint density at radius 1 is 1.53 bits per heavy atom. The molecule has 1 unspecified atom stereocenters. The first-order valence-electron chi connectivity index (χ1n) is 6.72. The molecule has 1 aliphatic rings. The molecule has 1 aromatic rings. The second-order valence-corrected chi connectivity index (χ2v) is 5.19. The minimum atomic E-state index is -0.325. The van der Waals surface area contributed by atoms with E-state index < -0.39 is 0 Å². The predicted molar refractivity (Wildman–Crippen MR) is 74.5 cm³/mol. The lowest BCUT2D eigenvalue weighted by molar-refractivity contribution is -0.385. The second-order valence-electron chi connectivity index (χ2n) is 5.19. The zero-order valence-electron chi connectivity index (χ0n) is 11.2. The van der Waals surface area contributed by atoms with Gasteiger partial charge in [0.2, 0.25) is 0 Å². The van der Waals surface area contributed by atoms with Gasteiger partial charge in [0.25, 0.3) is 5.69 Å². The quantitative estimate of drug-likeness (QED) is 0.670. The number of benzene rings is 1. The molecule has 1 heterocycles. The van der Waals surface area contributed by atoms with Crippen molar-refractivity contribution < 1.29 is 10.0 Å². The van der Waals surface area contributed by atoms with Gasteiger partial charge in [-0.2, -0.15) is 0 Å². The zero-order chi connectivity index (χ0) is 13.8. The maximum atomic E-state index is 11.0. The molecule has 2 rings (SSSR count). The topological polar surface area (TPSA) is 66.6 Å². The summed E-state index contributed by atoms with van der Waals surface area (Å²) in [4.78, 5) is 12.8. The monoisotopic (exact) mass is 264 g/mol. The van der Waals surface area contributed by atoms with E-state index in [2.05, 4.69) is 4.90 Å². The molecule has 0 saturated carbocycles. The SMILES string of the molecule is Cc1ccc(N2CCCC(CCO)C2)cc1[N+](=O)[O-]. The number of hydrogen-bond acceptors (Lipinski definition) is 4. The van der Waals surface area contributed by atoms with Crippen LogP contribution in [0.2, 0.25) is 0 Å². The minimum absolute atomic E-state index is 0.182. The molecule has 0 amide bonds. The van der Waals surface area contributed by atoms with E-state index in [9.17, 15) is 10.1 Å². The highest BCUT2D eigenvalue weighted by molar-refractivity contribution is 5.56. The van der Waals surface area contributed by atoms with E-state index in [1.807, 2.05) is 12.1 Å². The van der Waals surface area contributed by atoms with Crippen molar-refractivity contribution in [3.05, 3.63) is 33.9 Å². The van der Waals surface area contributed by atoms with Gasteiger partial charge in [-0.25, -0.2) is 0 Å². The number of piperidine rings is 1. The van der Waals surface area contributed by atoms with Crippen molar-refractivity contribution >= 4 is 11.4 Å². The molecule has 0 spiro atoms. The van der Waals surface area contributed by atoms with E-state index in [0.29, 0.717) is 11.5 Å². The van der Waals surface area contributed by atoms with Gasteiger partial charge in [0.1, 0.15) is 0 Å². The number of aryl methyl sites for hydroxylation is 1. The molecule has 5 heteroatoms.